The fourth-order valence-corrected chi connectivity index (χ4v) is 3.30. The maximum atomic E-state index is 12.7. The molecule has 1 aliphatic rings. The Morgan fingerprint density at radius 1 is 1.25 bits per heavy atom. The van der Waals surface area contributed by atoms with E-state index in [4.69, 9.17) is 4.42 Å². The van der Waals surface area contributed by atoms with Crippen molar-refractivity contribution in [1.82, 2.24) is 14.5 Å². The normalized spacial score (nSPS) is 17.5. The topological polar surface area (TPSA) is 68.3 Å². The van der Waals surface area contributed by atoms with E-state index in [1.54, 1.807) is 29.4 Å². The molecule has 4 rings (SSSR count). The van der Waals surface area contributed by atoms with Crippen LogP contribution in [0.1, 0.15) is 24.6 Å². The first kappa shape index (κ1) is 14.7. The van der Waals surface area contributed by atoms with Crippen LogP contribution in [-0.4, -0.2) is 26.9 Å². The van der Waals surface area contributed by atoms with Crippen molar-refractivity contribution in [2.45, 2.75) is 25.4 Å². The zero-order chi connectivity index (χ0) is 16.5. The van der Waals surface area contributed by atoms with Crippen LogP contribution in [0.4, 0.5) is 0 Å². The first-order chi connectivity index (χ1) is 11.7. The van der Waals surface area contributed by atoms with Crippen molar-refractivity contribution in [1.29, 1.82) is 0 Å². The molecule has 0 spiro atoms. The maximum Gasteiger partial charge on any atom is 0.261 e. The van der Waals surface area contributed by atoms with E-state index >= 15 is 0 Å². The summed E-state index contributed by atoms with van der Waals surface area (Å²) >= 11 is 0. The molecular weight excluding hydrogens is 306 g/mol. The molecule has 1 amide bonds. The molecule has 1 aliphatic heterocycles. The summed E-state index contributed by atoms with van der Waals surface area (Å²) in [5, 5.41) is 0.525. The average molecular weight is 323 g/mol. The number of hydrogen-bond acceptors (Lipinski definition) is 4. The van der Waals surface area contributed by atoms with Gasteiger partial charge in [0.25, 0.3) is 5.56 Å². The molecule has 122 valence electrons. The second kappa shape index (κ2) is 5.96. The molecule has 3 heterocycles. The average Bonchev–Trinajstić information content (AvgIpc) is 3.28. The van der Waals surface area contributed by atoms with E-state index in [-0.39, 0.29) is 24.1 Å². The van der Waals surface area contributed by atoms with E-state index in [1.165, 1.54) is 10.9 Å². The molecule has 0 N–H and O–H groups in total. The number of amides is 1. The number of fused-ring (bicyclic) bond motifs is 1. The molecule has 1 atom stereocenters. The predicted molar refractivity (Wildman–Crippen MR) is 88.4 cm³/mol. The van der Waals surface area contributed by atoms with Gasteiger partial charge in [0, 0.05) is 6.54 Å². The van der Waals surface area contributed by atoms with E-state index in [1.807, 2.05) is 18.2 Å². The molecule has 6 heteroatoms. The van der Waals surface area contributed by atoms with Crippen LogP contribution in [0.25, 0.3) is 10.9 Å². The second-order valence-electron chi connectivity index (χ2n) is 5.96. The number of benzene rings is 1. The third kappa shape index (κ3) is 2.50. The first-order valence-corrected chi connectivity index (χ1v) is 8.01. The van der Waals surface area contributed by atoms with Gasteiger partial charge in [-0.05, 0) is 37.1 Å². The number of nitrogens with zero attached hydrogens (tertiary/aromatic N) is 3. The summed E-state index contributed by atoms with van der Waals surface area (Å²) in [5.41, 5.74) is 0.448. The lowest BCUT2D eigenvalue weighted by Gasteiger charge is -2.23. The Morgan fingerprint density at radius 3 is 2.96 bits per heavy atom. The van der Waals surface area contributed by atoms with Gasteiger partial charge >= 0.3 is 0 Å². The molecule has 0 aliphatic carbocycles. The van der Waals surface area contributed by atoms with Crippen LogP contribution in [0.15, 0.2) is 58.2 Å². The van der Waals surface area contributed by atoms with Crippen molar-refractivity contribution in [3.05, 3.63) is 65.1 Å². The molecule has 3 aromatic rings. The van der Waals surface area contributed by atoms with Gasteiger partial charge in [-0.2, -0.15) is 0 Å². The minimum absolute atomic E-state index is 0.00608. The minimum Gasteiger partial charge on any atom is -0.467 e. The van der Waals surface area contributed by atoms with Gasteiger partial charge in [0.05, 0.1) is 29.5 Å². The van der Waals surface area contributed by atoms with Crippen molar-refractivity contribution < 1.29 is 9.21 Å². The Bertz CT molecular complexity index is 930. The molecule has 2 aromatic heterocycles. The van der Waals surface area contributed by atoms with Crippen molar-refractivity contribution >= 4 is 16.8 Å². The largest absolute Gasteiger partial charge is 0.467 e. The van der Waals surface area contributed by atoms with E-state index in [2.05, 4.69) is 4.98 Å². The van der Waals surface area contributed by atoms with Crippen molar-refractivity contribution in [3.63, 3.8) is 0 Å². The molecule has 1 saturated heterocycles. The van der Waals surface area contributed by atoms with Gasteiger partial charge in [-0.25, -0.2) is 4.98 Å². The van der Waals surface area contributed by atoms with E-state index in [0.717, 1.165) is 18.6 Å². The fourth-order valence-electron chi connectivity index (χ4n) is 3.30. The first-order valence-electron chi connectivity index (χ1n) is 8.01. The van der Waals surface area contributed by atoms with Gasteiger partial charge < -0.3 is 9.32 Å². The molecule has 0 saturated carbocycles. The quantitative estimate of drug-likeness (QED) is 0.742. The SMILES string of the molecule is O=C(Cn1cnc2ccccc2c1=O)N1CCC[C@@H]1c1ccco1. The molecule has 0 radical (unpaired) electrons. The Kier molecular flexibility index (Phi) is 3.65. The Hall–Kier alpha value is -2.89. The number of hydrogen-bond donors (Lipinski definition) is 0. The van der Waals surface area contributed by atoms with Crippen LogP contribution >= 0.6 is 0 Å². The van der Waals surface area contributed by atoms with Gasteiger partial charge in [0.2, 0.25) is 5.91 Å². The third-order valence-corrected chi connectivity index (χ3v) is 4.48. The summed E-state index contributed by atoms with van der Waals surface area (Å²) in [6.45, 7) is 0.674. The Labute approximate surface area is 138 Å². The van der Waals surface area contributed by atoms with Crippen LogP contribution in [0.3, 0.4) is 0 Å². The molecule has 6 nitrogen and oxygen atoms in total. The van der Waals surface area contributed by atoms with Crippen LogP contribution in [0.5, 0.6) is 0 Å². The molecule has 1 fully saturated rings. The zero-order valence-electron chi connectivity index (χ0n) is 13.1. The molecule has 1 aromatic carbocycles. The van der Waals surface area contributed by atoms with E-state index in [0.29, 0.717) is 17.4 Å². The summed E-state index contributed by atoms with van der Waals surface area (Å²) in [6.07, 6.45) is 4.88. The van der Waals surface area contributed by atoms with Gasteiger partial charge in [0.15, 0.2) is 0 Å². The van der Waals surface area contributed by atoms with Gasteiger partial charge in [-0.15, -0.1) is 0 Å². The van der Waals surface area contributed by atoms with Gasteiger partial charge in [-0.1, -0.05) is 12.1 Å². The number of furan rings is 1. The number of aromatic nitrogens is 2. The number of carbonyl (C=O) groups is 1. The predicted octanol–water partition coefficient (Wildman–Crippen LogP) is 2.35. The summed E-state index contributed by atoms with van der Waals surface area (Å²) < 4.78 is 6.83. The Balaban J connectivity index is 1.60. The van der Waals surface area contributed by atoms with E-state index in [9.17, 15) is 9.59 Å². The molecular formula is C18H17N3O3. The van der Waals surface area contributed by atoms with Crippen LogP contribution in [0, 0.1) is 0 Å². The second-order valence-corrected chi connectivity index (χ2v) is 5.96. The summed E-state index contributed by atoms with van der Waals surface area (Å²) in [6, 6.07) is 10.8. The highest BCUT2D eigenvalue weighted by atomic mass is 16.3. The van der Waals surface area contributed by atoms with Crippen molar-refractivity contribution in [3.8, 4) is 0 Å². The van der Waals surface area contributed by atoms with Crippen molar-refractivity contribution in [2.24, 2.45) is 0 Å². The minimum atomic E-state index is -0.192. The monoisotopic (exact) mass is 323 g/mol. The van der Waals surface area contributed by atoms with Crippen LogP contribution in [0.2, 0.25) is 0 Å². The van der Waals surface area contributed by atoms with Gasteiger partial charge in [0.1, 0.15) is 12.3 Å². The number of likely N-dealkylation sites (tertiary alicyclic amines) is 1. The molecule has 24 heavy (non-hydrogen) atoms. The number of para-hydroxylation sites is 1. The van der Waals surface area contributed by atoms with Crippen LogP contribution in [-0.2, 0) is 11.3 Å². The highest BCUT2D eigenvalue weighted by Crippen LogP contribution is 2.32. The summed E-state index contributed by atoms with van der Waals surface area (Å²) in [4.78, 5) is 31.3. The lowest BCUT2D eigenvalue weighted by atomic mass is 10.1. The lowest BCUT2D eigenvalue weighted by molar-refractivity contribution is -0.133. The van der Waals surface area contributed by atoms with Gasteiger partial charge in [-0.3, -0.25) is 14.2 Å². The summed E-state index contributed by atoms with van der Waals surface area (Å²) in [5.74, 6) is 0.706. The number of carbonyl (C=O) groups excluding carboxylic acids is 1. The molecule has 0 unspecified atom stereocenters. The highest BCUT2D eigenvalue weighted by molar-refractivity contribution is 5.79. The number of rotatable bonds is 3. The summed E-state index contributed by atoms with van der Waals surface area (Å²) in [7, 11) is 0. The fraction of sp³-hybridized carbons (Fsp3) is 0.278. The standard InChI is InChI=1S/C18H17N3O3/c22-17(21-9-3-7-15(21)16-8-4-10-24-16)11-20-12-19-14-6-2-1-5-13(14)18(20)23/h1-2,4-6,8,10,12,15H,3,7,9,11H2/t15-/m1/s1. The van der Waals surface area contributed by atoms with Crippen molar-refractivity contribution in [2.75, 3.05) is 6.54 Å². The zero-order valence-corrected chi connectivity index (χ0v) is 13.1. The lowest BCUT2D eigenvalue weighted by Crippen LogP contribution is -2.36. The Morgan fingerprint density at radius 2 is 2.12 bits per heavy atom. The van der Waals surface area contributed by atoms with E-state index < -0.39 is 0 Å². The highest BCUT2D eigenvalue weighted by Gasteiger charge is 2.31. The van der Waals surface area contributed by atoms with Crippen LogP contribution < -0.4 is 5.56 Å². The third-order valence-electron chi connectivity index (χ3n) is 4.48. The molecule has 0 bridgehead atoms. The smallest absolute Gasteiger partial charge is 0.261 e. The maximum absolute atomic E-state index is 12.7.